The Kier molecular flexibility index (Phi) is 4.07. The molecule has 1 aliphatic heterocycles. The number of halogens is 2. The van der Waals surface area contributed by atoms with Gasteiger partial charge >= 0.3 is 0 Å². The Hall–Kier alpha value is -0.570. The molecule has 1 aromatic rings. The van der Waals surface area contributed by atoms with Crippen molar-refractivity contribution in [2.24, 2.45) is 5.92 Å². The van der Waals surface area contributed by atoms with Gasteiger partial charge in [0.15, 0.2) is 5.78 Å². The maximum absolute atomic E-state index is 12.7. The first kappa shape index (κ1) is 14.4. The quantitative estimate of drug-likeness (QED) is 0.725. The molecule has 1 saturated heterocycles. The Labute approximate surface area is 129 Å². The topological polar surface area (TPSA) is 26.3 Å². The molecule has 2 fully saturated rings. The van der Waals surface area contributed by atoms with Crippen LogP contribution in [0.3, 0.4) is 0 Å². The summed E-state index contributed by atoms with van der Waals surface area (Å²) in [5.41, 5.74) is 0.503. The molecule has 1 heterocycles. The third-order valence-corrected chi connectivity index (χ3v) is 5.41. The van der Waals surface area contributed by atoms with E-state index in [0.29, 0.717) is 22.2 Å². The number of rotatable bonds is 2. The lowest BCUT2D eigenvalue weighted by molar-refractivity contribution is -0.0866. The number of hydrogen-bond acceptors (Lipinski definition) is 2. The van der Waals surface area contributed by atoms with E-state index in [9.17, 15) is 4.79 Å². The fourth-order valence-corrected chi connectivity index (χ4v) is 3.93. The number of Topliss-reactive ketones (excluding diaryl/α,β-unsaturated/α-hetero) is 1. The van der Waals surface area contributed by atoms with E-state index in [2.05, 4.69) is 0 Å². The minimum Gasteiger partial charge on any atom is -0.375 e. The highest BCUT2D eigenvalue weighted by molar-refractivity contribution is 6.43. The second-order valence-electron chi connectivity index (χ2n) is 5.89. The van der Waals surface area contributed by atoms with E-state index >= 15 is 0 Å². The molecule has 1 unspecified atom stereocenters. The van der Waals surface area contributed by atoms with Crippen molar-refractivity contribution < 1.29 is 9.53 Å². The van der Waals surface area contributed by atoms with Gasteiger partial charge in [-0.2, -0.15) is 0 Å². The van der Waals surface area contributed by atoms with Gasteiger partial charge in [-0.25, -0.2) is 0 Å². The second-order valence-corrected chi connectivity index (χ2v) is 6.68. The average Bonchev–Trinajstić information content (AvgIpc) is 2.89. The summed E-state index contributed by atoms with van der Waals surface area (Å²) in [6, 6.07) is 5.27. The Morgan fingerprint density at radius 2 is 2.00 bits per heavy atom. The van der Waals surface area contributed by atoms with Gasteiger partial charge in [-0.1, -0.05) is 42.1 Å². The molecule has 108 valence electrons. The van der Waals surface area contributed by atoms with Gasteiger partial charge < -0.3 is 4.74 Å². The van der Waals surface area contributed by atoms with Gasteiger partial charge in [0.05, 0.1) is 15.6 Å². The number of hydrogen-bond donors (Lipinski definition) is 0. The zero-order valence-corrected chi connectivity index (χ0v) is 12.8. The average molecular weight is 313 g/mol. The summed E-state index contributed by atoms with van der Waals surface area (Å²) < 4.78 is 5.99. The standard InChI is InChI=1S/C16H18Cl2O2/c17-13-5-3-4-12(14(13)18)15(19)11-6-9-20-16(10-11)7-1-2-8-16/h3-5,11H,1-2,6-10H2. The molecule has 0 N–H and O–H groups in total. The Bertz CT molecular complexity index is 521. The van der Waals surface area contributed by atoms with Gasteiger partial charge in [0.1, 0.15) is 0 Å². The Morgan fingerprint density at radius 1 is 1.25 bits per heavy atom. The highest BCUT2D eigenvalue weighted by Crippen LogP contribution is 2.43. The van der Waals surface area contributed by atoms with Crippen LogP contribution < -0.4 is 0 Å². The molecular weight excluding hydrogens is 295 g/mol. The van der Waals surface area contributed by atoms with Crippen LogP contribution in [0.1, 0.15) is 48.9 Å². The van der Waals surface area contributed by atoms with E-state index in [-0.39, 0.29) is 17.3 Å². The van der Waals surface area contributed by atoms with Crippen molar-refractivity contribution in [3.63, 3.8) is 0 Å². The van der Waals surface area contributed by atoms with Crippen molar-refractivity contribution in [2.45, 2.75) is 44.1 Å². The van der Waals surface area contributed by atoms with E-state index in [1.165, 1.54) is 12.8 Å². The maximum atomic E-state index is 12.7. The van der Waals surface area contributed by atoms with E-state index in [4.69, 9.17) is 27.9 Å². The molecule has 4 heteroatoms. The number of benzene rings is 1. The Balaban J connectivity index is 1.81. The molecule has 0 bridgehead atoms. The molecule has 1 saturated carbocycles. The van der Waals surface area contributed by atoms with Crippen LogP contribution in [0.15, 0.2) is 18.2 Å². The van der Waals surface area contributed by atoms with Crippen LogP contribution in [-0.4, -0.2) is 18.0 Å². The first-order valence-corrected chi connectivity index (χ1v) is 7.99. The van der Waals surface area contributed by atoms with Crippen LogP contribution >= 0.6 is 23.2 Å². The summed E-state index contributed by atoms with van der Waals surface area (Å²) in [6.45, 7) is 0.675. The maximum Gasteiger partial charge on any atom is 0.167 e. The van der Waals surface area contributed by atoms with E-state index < -0.39 is 0 Å². The van der Waals surface area contributed by atoms with E-state index in [1.54, 1.807) is 18.2 Å². The van der Waals surface area contributed by atoms with Crippen LogP contribution in [0.4, 0.5) is 0 Å². The van der Waals surface area contributed by atoms with Crippen molar-refractivity contribution in [1.82, 2.24) is 0 Å². The van der Waals surface area contributed by atoms with Crippen molar-refractivity contribution in [3.8, 4) is 0 Å². The molecule has 0 amide bonds. The molecule has 3 rings (SSSR count). The molecule has 1 aromatic carbocycles. The molecular formula is C16H18Cl2O2. The largest absolute Gasteiger partial charge is 0.375 e. The first-order chi connectivity index (χ1) is 9.61. The zero-order valence-electron chi connectivity index (χ0n) is 11.3. The first-order valence-electron chi connectivity index (χ1n) is 7.23. The lowest BCUT2D eigenvalue weighted by Gasteiger charge is -2.37. The second kappa shape index (κ2) is 5.67. The molecule has 2 nitrogen and oxygen atoms in total. The number of carbonyl (C=O) groups excluding carboxylic acids is 1. The van der Waals surface area contributed by atoms with Crippen molar-refractivity contribution in [1.29, 1.82) is 0 Å². The van der Waals surface area contributed by atoms with Crippen molar-refractivity contribution >= 4 is 29.0 Å². The monoisotopic (exact) mass is 312 g/mol. The lowest BCUT2D eigenvalue weighted by atomic mass is 9.80. The highest BCUT2D eigenvalue weighted by atomic mass is 35.5. The number of carbonyl (C=O) groups is 1. The van der Waals surface area contributed by atoms with Crippen LogP contribution in [0.5, 0.6) is 0 Å². The predicted molar refractivity (Wildman–Crippen MR) is 80.7 cm³/mol. The van der Waals surface area contributed by atoms with Gasteiger partial charge in [-0.05, 0) is 37.8 Å². The fourth-order valence-electron chi connectivity index (χ4n) is 3.53. The molecule has 1 atom stereocenters. The van der Waals surface area contributed by atoms with E-state index in [0.717, 1.165) is 25.7 Å². The van der Waals surface area contributed by atoms with Gasteiger partial charge in [0.25, 0.3) is 0 Å². The van der Waals surface area contributed by atoms with Gasteiger partial charge in [-0.3, -0.25) is 4.79 Å². The van der Waals surface area contributed by atoms with Crippen LogP contribution in [0, 0.1) is 5.92 Å². The smallest absolute Gasteiger partial charge is 0.167 e. The SMILES string of the molecule is O=C(c1cccc(Cl)c1Cl)C1CCOC2(CCCC2)C1. The summed E-state index contributed by atoms with van der Waals surface area (Å²) in [5.74, 6) is 0.130. The molecule has 0 radical (unpaired) electrons. The van der Waals surface area contributed by atoms with Crippen LogP contribution in [0.2, 0.25) is 10.0 Å². The van der Waals surface area contributed by atoms with E-state index in [1.807, 2.05) is 0 Å². The molecule has 20 heavy (non-hydrogen) atoms. The normalized spacial score (nSPS) is 25.0. The number of ketones is 1. The highest BCUT2D eigenvalue weighted by Gasteiger charge is 2.42. The summed E-state index contributed by atoms with van der Waals surface area (Å²) in [4.78, 5) is 12.7. The summed E-state index contributed by atoms with van der Waals surface area (Å²) in [7, 11) is 0. The zero-order chi connectivity index (χ0) is 14.2. The minimum absolute atomic E-state index is 0.0119. The van der Waals surface area contributed by atoms with Gasteiger partial charge in [-0.15, -0.1) is 0 Å². The number of ether oxygens (including phenoxy) is 1. The van der Waals surface area contributed by atoms with Crippen LogP contribution in [0.25, 0.3) is 0 Å². The van der Waals surface area contributed by atoms with Crippen LogP contribution in [-0.2, 0) is 4.74 Å². The third-order valence-electron chi connectivity index (χ3n) is 4.60. The summed E-state index contributed by atoms with van der Waals surface area (Å²) in [5, 5.41) is 0.825. The van der Waals surface area contributed by atoms with Crippen molar-refractivity contribution in [3.05, 3.63) is 33.8 Å². The Morgan fingerprint density at radius 3 is 2.75 bits per heavy atom. The molecule has 2 aliphatic rings. The third kappa shape index (κ3) is 2.61. The predicted octanol–water partition coefficient (Wildman–Crippen LogP) is 4.92. The van der Waals surface area contributed by atoms with Crippen molar-refractivity contribution in [2.75, 3.05) is 6.61 Å². The van der Waals surface area contributed by atoms with Gasteiger partial charge in [0, 0.05) is 18.1 Å². The molecule has 1 spiro atoms. The minimum atomic E-state index is -0.0520. The van der Waals surface area contributed by atoms with Gasteiger partial charge in [0.2, 0.25) is 0 Å². The summed E-state index contributed by atoms with van der Waals surface area (Å²) >= 11 is 12.2. The fraction of sp³-hybridized carbons (Fsp3) is 0.562. The molecule has 1 aliphatic carbocycles. The lowest BCUT2D eigenvalue weighted by Crippen LogP contribution is -2.39. The molecule has 0 aromatic heterocycles. The summed E-state index contributed by atoms with van der Waals surface area (Å²) in [6.07, 6.45) is 6.19.